The second kappa shape index (κ2) is 5.60. The van der Waals surface area contributed by atoms with Crippen LogP contribution in [0.15, 0.2) is 54.6 Å². The molecular weight excluding hydrogens is 213 g/mol. The number of nitrogens with two attached hydrogens (primary N) is 1. The molecule has 1 atom stereocenters. The van der Waals surface area contributed by atoms with Crippen molar-refractivity contribution >= 4 is 0 Å². The van der Waals surface area contributed by atoms with Gasteiger partial charge >= 0.3 is 0 Å². The van der Waals surface area contributed by atoms with E-state index in [1.54, 1.807) is 0 Å². The Morgan fingerprint density at radius 3 is 2.29 bits per heavy atom. The number of quaternary nitrogens is 1. The van der Waals surface area contributed by atoms with Gasteiger partial charge in [-0.25, -0.2) is 4.39 Å². The third kappa shape index (κ3) is 3.40. The van der Waals surface area contributed by atoms with Gasteiger partial charge in [0.2, 0.25) is 0 Å². The van der Waals surface area contributed by atoms with Crippen LogP contribution in [-0.4, -0.2) is 0 Å². The predicted molar refractivity (Wildman–Crippen MR) is 66.9 cm³/mol. The SMILES string of the molecule is C[C@H]([NH2+]Cc1ccc(F)cc1)c1ccccc1. The number of hydrogen-bond acceptors (Lipinski definition) is 0. The van der Waals surface area contributed by atoms with E-state index in [0.717, 1.165) is 12.1 Å². The van der Waals surface area contributed by atoms with Crippen molar-refractivity contribution in [2.45, 2.75) is 19.5 Å². The zero-order valence-corrected chi connectivity index (χ0v) is 9.94. The monoisotopic (exact) mass is 230 g/mol. The van der Waals surface area contributed by atoms with Crippen LogP contribution in [0.1, 0.15) is 24.1 Å². The molecule has 0 saturated heterocycles. The van der Waals surface area contributed by atoms with E-state index >= 15 is 0 Å². The molecule has 0 spiro atoms. The maximum atomic E-state index is 12.7. The van der Waals surface area contributed by atoms with Gasteiger partial charge in [0.05, 0.1) is 0 Å². The molecule has 0 heterocycles. The number of hydrogen-bond donors (Lipinski definition) is 1. The minimum absolute atomic E-state index is 0.176. The summed E-state index contributed by atoms with van der Waals surface area (Å²) in [5.41, 5.74) is 2.46. The van der Waals surface area contributed by atoms with E-state index in [-0.39, 0.29) is 5.82 Å². The second-order valence-corrected chi connectivity index (χ2v) is 4.27. The summed E-state index contributed by atoms with van der Waals surface area (Å²) in [4.78, 5) is 0. The van der Waals surface area contributed by atoms with E-state index in [1.165, 1.54) is 17.7 Å². The van der Waals surface area contributed by atoms with Gasteiger partial charge in [0.25, 0.3) is 0 Å². The zero-order valence-electron chi connectivity index (χ0n) is 9.94. The largest absolute Gasteiger partial charge is 0.337 e. The van der Waals surface area contributed by atoms with Crippen molar-refractivity contribution in [1.29, 1.82) is 0 Å². The normalized spacial score (nSPS) is 12.4. The first-order valence-electron chi connectivity index (χ1n) is 5.88. The molecular formula is C15H17FN+. The van der Waals surface area contributed by atoms with E-state index in [4.69, 9.17) is 0 Å². The summed E-state index contributed by atoms with van der Waals surface area (Å²) in [5.74, 6) is -0.176. The van der Waals surface area contributed by atoms with Crippen LogP contribution in [0.5, 0.6) is 0 Å². The Labute approximate surface area is 101 Å². The second-order valence-electron chi connectivity index (χ2n) is 4.27. The van der Waals surface area contributed by atoms with Crippen molar-refractivity contribution < 1.29 is 9.71 Å². The fraction of sp³-hybridized carbons (Fsp3) is 0.200. The quantitative estimate of drug-likeness (QED) is 0.831. The molecule has 17 heavy (non-hydrogen) atoms. The van der Waals surface area contributed by atoms with Crippen LogP contribution in [0.3, 0.4) is 0 Å². The zero-order chi connectivity index (χ0) is 12.1. The van der Waals surface area contributed by atoms with Crippen LogP contribution in [0.25, 0.3) is 0 Å². The van der Waals surface area contributed by atoms with Crippen LogP contribution in [0, 0.1) is 5.82 Å². The summed E-state index contributed by atoms with van der Waals surface area (Å²) in [5, 5.41) is 2.25. The van der Waals surface area contributed by atoms with Gasteiger partial charge < -0.3 is 5.32 Å². The minimum atomic E-state index is -0.176. The molecule has 2 rings (SSSR count). The Bertz CT molecular complexity index is 450. The highest BCUT2D eigenvalue weighted by Crippen LogP contribution is 2.07. The van der Waals surface area contributed by atoms with Gasteiger partial charge in [0.1, 0.15) is 18.4 Å². The molecule has 0 amide bonds. The fourth-order valence-electron chi connectivity index (χ4n) is 1.83. The highest BCUT2D eigenvalue weighted by atomic mass is 19.1. The fourth-order valence-corrected chi connectivity index (χ4v) is 1.83. The third-order valence-corrected chi connectivity index (χ3v) is 2.95. The standard InChI is InChI=1S/C15H16FN/c1-12(14-5-3-2-4-6-14)17-11-13-7-9-15(16)10-8-13/h2-10,12,17H,11H2,1H3/p+1/t12-/m0/s1. The molecule has 88 valence electrons. The van der Waals surface area contributed by atoms with Crippen LogP contribution < -0.4 is 5.32 Å². The highest BCUT2D eigenvalue weighted by molar-refractivity contribution is 5.17. The van der Waals surface area contributed by atoms with Crippen molar-refractivity contribution in [1.82, 2.24) is 0 Å². The molecule has 0 aromatic heterocycles. The predicted octanol–water partition coefficient (Wildman–Crippen LogP) is 2.65. The molecule has 1 nitrogen and oxygen atoms in total. The summed E-state index contributed by atoms with van der Waals surface area (Å²) in [7, 11) is 0. The average Bonchev–Trinajstić information content (AvgIpc) is 2.39. The van der Waals surface area contributed by atoms with Gasteiger partial charge in [-0.3, -0.25) is 0 Å². The van der Waals surface area contributed by atoms with Crippen LogP contribution in [-0.2, 0) is 6.54 Å². The number of benzene rings is 2. The lowest BCUT2D eigenvalue weighted by atomic mass is 10.1. The van der Waals surface area contributed by atoms with Crippen molar-refractivity contribution in [2.75, 3.05) is 0 Å². The van der Waals surface area contributed by atoms with E-state index in [1.807, 2.05) is 18.2 Å². The number of halogens is 1. The Morgan fingerprint density at radius 1 is 1.00 bits per heavy atom. The highest BCUT2D eigenvalue weighted by Gasteiger charge is 2.07. The molecule has 2 heteroatoms. The first-order valence-corrected chi connectivity index (χ1v) is 5.88. The molecule has 2 N–H and O–H groups in total. The Hall–Kier alpha value is -1.67. The van der Waals surface area contributed by atoms with E-state index in [9.17, 15) is 4.39 Å². The van der Waals surface area contributed by atoms with Crippen LogP contribution in [0.2, 0.25) is 0 Å². The molecule has 0 fully saturated rings. The first kappa shape index (κ1) is 11.8. The van der Waals surface area contributed by atoms with Gasteiger partial charge in [0.15, 0.2) is 0 Å². The Kier molecular flexibility index (Phi) is 3.89. The van der Waals surface area contributed by atoms with Crippen molar-refractivity contribution in [3.63, 3.8) is 0 Å². The van der Waals surface area contributed by atoms with Gasteiger partial charge in [-0.2, -0.15) is 0 Å². The minimum Gasteiger partial charge on any atom is -0.337 e. The molecule has 0 unspecified atom stereocenters. The molecule has 2 aromatic rings. The van der Waals surface area contributed by atoms with Crippen molar-refractivity contribution in [3.8, 4) is 0 Å². The maximum absolute atomic E-state index is 12.7. The third-order valence-electron chi connectivity index (χ3n) is 2.95. The van der Waals surface area contributed by atoms with Crippen molar-refractivity contribution in [3.05, 3.63) is 71.5 Å². The molecule has 0 bridgehead atoms. The van der Waals surface area contributed by atoms with E-state index in [2.05, 4.69) is 36.5 Å². The lowest BCUT2D eigenvalue weighted by molar-refractivity contribution is -0.707. The van der Waals surface area contributed by atoms with Gasteiger partial charge in [-0.1, -0.05) is 42.5 Å². The van der Waals surface area contributed by atoms with Crippen LogP contribution >= 0.6 is 0 Å². The Morgan fingerprint density at radius 2 is 1.65 bits per heavy atom. The van der Waals surface area contributed by atoms with Crippen molar-refractivity contribution in [2.24, 2.45) is 0 Å². The molecule has 0 aliphatic rings. The lowest BCUT2D eigenvalue weighted by Gasteiger charge is -2.10. The topological polar surface area (TPSA) is 16.6 Å². The summed E-state index contributed by atoms with van der Waals surface area (Å²) >= 11 is 0. The summed E-state index contributed by atoms with van der Waals surface area (Å²) in [6.07, 6.45) is 0. The molecule has 0 saturated carbocycles. The summed E-state index contributed by atoms with van der Waals surface area (Å²) in [6, 6.07) is 17.5. The number of rotatable bonds is 4. The van der Waals surface area contributed by atoms with E-state index < -0.39 is 0 Å². The molecule has 2 aromatic carbocycles. The summed E-state index contributed by atoms with van der Waals surface area (Å²) in [6.45, 7) is 3.05. The maximum Gasteiger partial charge on any atom is 0.123 e. The summed E-state index contributed by atoms with van der Waals surface area (Å²) < 4.78 is 12.7. The Balaban J connectivity index is 1.92. The van der Waals surface area contributed by atoms with Gasteiger partial charge in [0, 0.05) is 11.1 Å². The molecule has 0 radical (unpaired) electrons. The smallest absolute Gasteiger partial charge is 0.123 e. The van der Waals surface area contributed by atoms with Gasteiger partial charge in [-0.05, 0) is 19.1 Å². The van der Waals surface area contributed by atoms with Crippen LogP contribution in [0.4, 0.5) is 4.39 Å². The van der Waals surface area contributed by atoms with Gasteiger partial charge in [-0.15, -0.1) is 0 Å². The average molecular weight is 230 g/mol. The first-order chi connectivity index (χ1) is 8.25. The molecule has 0 aliphatic heterocycles. The molecule has 0 aliphatic carbocycles. The lowest BCUT2D eigenvalue weighted by Crippen LogP contribution is -2.83. The van der Waals surface area contributed by atoms with E-state index in [0.29, 0.717) is 6.04 Å².